The number of phenols is 1. The number of phenolic OH excluding ortho intramolecular Hbond substituents is 1. The van der Waals surface area contributed by atoms with E-state index in [4.69, 9.17) is 0 Å². The van der Waals surface area contributed by atoms with Crippen LogP contribution >= 0.6 is 0 Å². The van der Waals surface area contributed by atoms with Crippen molar-refractivity contribution < 1.29 is 40.3 Å². The maximum atomic E-state index is 13.7. The molecular weight excluding hydrogens is 349 g/mol. The molecule has 0 atom stereocenters. The fourth-order valence-electron chi connectivity index (χ4n) is 1.83. The fourth-order valence-corrected chi connectivity index (χ4v) is 1.83. The number of aromatic hydroxyl groups is 1. The number of para-hydroxylation sites is 1. The van der Waals surface area contributed by atoms with Crippen LogP contribution in [-0.4, -0.2) is 17.2 Å². The lowest BCUT2D eigenvalue weighted by atomic mass is 10.0. The van der Waals surface area contributed by atoms with Gasteiger partial charge in [-0.3, -0.25) is 0 Å². The van der Waals surface area contributed by atoms with Crippen molar-refractivity contribution in [1.29, 1.82) is 0 Å². The lowest BCUT2D eigenvalue weighted by Crippen LogP contribution is -2.50. The zero-order valence-electron chi connectivity index (χ0n) is 11.4. The van der Waals surface area contributed by atoms with Gasteiger partial charge in [-0.2, -0.15) is 30.7 Å². The minimum Gasteiger partial charge on any atom is -0.507 e. The second-order valence-electron chi connectivity index (χ2n) is 4.69. The molecule has 0 amide bonds. The molecule has 0 fully saturated rings. The van der Waals surface area contributed by atoms with Crippen LogP contribution in [0.4, 0.5) is 30.7 Å². The van der Waals surface area contributed by atoms with Crippen molar-refractivity contribution in [3.63, 3.8) is 0 Å². The molecule has 3 nitrogen and oxygen atoms in total. The molecule has 0 saturated carbocycles. The van der Waals surface area contributed by atoms with Crippen LogP contribution in [0, 0.1) is 0 Å². The van der Waals surface area contributed by atoms with Gasteiger partial charge in [0.05, 0.1) is 5.56 Å². The standard InChI is InChI=1S/C14H7F7O3/c15-12(16,13(17,18)14(19,20)21)7-5-10(24-11(23)6-7)8-3-1-2-4-9(8)22/h1-6,22H. The van der Waals surface area contributed by atoms with E-state index in [9.17, 15) is 40.6 Å². The van der Waals surface area contributed by atoms with Crippen molar-refractivity contribution in [2.45, 2.75) is 18.0 Å². The molecule has 2 rings (SSSR count). The van der Waals surface area contributed by atoms with E-state index in [0.29, 0.717) is 0 Å². The monoisotopic (exact) mass is 356 g/mol. The van der Waals surface area contributed by atoms with Gasteiger partial charge in [0.15, 0.2) is 0 Å². The van der Waals surface area contributed by atoms with Gasteiger partial charge in [-0.15, -0.1) is 0 Å². The molecule has 0 aliphatic carbocycles. The number of benzene rings is 1. The van der Waals surface area contributed by atoms with E-state index in [2.05, 4.69) is 4.42 Å². The van der Waals surface area contributed by atoms with Crippen molar-refractivity contribution in [2.75, 3.05) is 0 Å². The minimum atomic E-state index is -6.54. The molecule has 0 radical (unpaired) electrons. The van der Waals surface area contributed by atoms with Crippen LogP contribution in [0.25, 0.3) is 11.3 Å². The maximum Gasteiger partial charge on any atom is 0.460 e. The summed E-state index contributed by atoms with van der Waals surface area (Å²) in [5, 5.41) is 9.56. The summed E-state index contributed by atoms with van der Waals surface area (Å²) < 4.78 is 94.7. The fraction of sp³-hybridized carbons (Fsp3) is 0.214. The highest BCUT2D eigenvalue weighted by Gasteiger charge is 2.73. The molecular formula is C14H7F7O3. The first-order valence-corrected chi connectivity index (χ1v) is 6.14. The first-order chi connectivity index (χ1) is 10.9. The number of halogens is 7. The van der Waals surface area contributed by atoms with Crippen molar-refractivity contribution in [3.05, 3.63) is 52.4 Å². The third-order valence-electron chi connectivity index (χ3n) is 3.05. The van der Waals surface area contributed by atoms with E-state index in [-0.39, 0.29) is 17.7 Å². The van der Waals surface area contributed by atoms with Crippen LogP contribution in [0.3, 0.4) is 0 Å². The Labute approximate surface area is 129 Å². The molecule has 1 aromatic heterocycles. The van der Waals surface area contributed by atoms with Crippen molar-refractivity contribution in [1.82, 2.24) is 0 Å². The molecule has 0 aliphatic heterocycles. The summed E-state index contributed by atoms with van der Waals surface area (Å²) in [6.07, 6.45) is -6.54. The van der Waals surface area contributed by atoms with Gasteiger partial charge in [0.1, 0.15) is 11.5 Å². The summed E-state index contributed by atoms with van der Waals surface area (Å²) >= 11 is 0. The van der Waals surface area contributed by atoms with Crippen LogP contribution in [0.2, 0.25) is 0 Å². The van der Waals surface area contributed by atoms with Gasteiger partial charge in [0.2, 0.25) is 0 Å². The summed E-state index contributed by atoms with van der Waals surface area (Å²) in [4.78, 5) is 11.3. The Morgan fingerprint density at radius 1 is 0.917 bits per heavy atom. The van der Waals surface area contributed by atoms with Gasteiger partial charge in [-0.25, -0.2) is 4.79 Å². The van der Waals surface area contributed by atoms with E-state index in [1.54, 1.807) is 0 Å². The summed E-state index contributed by atoms with van der Waals surface area (Å²) in [5.74, 6) is -13.5. The SMILES string of the molecule is O=c1cc(C(F)(F)C(F)(F)C(F)(F)F)cc(-c2ccccc2O)o1. The highest BCUT2D eigenvalue weighted by Crippen LogP contribution is 2.51. The van der Waals surface area contributed by atoms with Gasteiger partial charge in [-0.1, -0.05) is 12.1 Å². The van der Waals surface area contributed by atoms with Crippen molar-refractivity contribution in [3.8, 4) is 17.1 Å². The van der Waals surface area contributed by atoms with Crippen LogP contribution in [0.5, 0.6) is 5.75 Å². The number of rotatable bonds is 3. The lowest BCUT2D eigenvalue weighted by molar-refractivity contribution is -0.359. The predicted octanol–water partition coefficient (Wildman–Crippen LogP) is 4.30. The Hall–Kier alpha value is -2.52. The zero-order valence-corrected chi connectivity index (χ0v) is 11.4. The highest BCUT2D eigenvalue weighted by molar-refractivity contribution is 5.65. The molecule has 10 heteroatoms. The Bertz CT molecular complexity index is 809. The Balaban J connectivity index is 2.65. The lowest BCUT2D eigenvalue weighted by Gasteiger charge is -2.28. The molecule has 0 spiro atoms. The summed E-state index contributed by atoms with van der Waals surface area (Å²) in [6.45, 7) is 0. The van der Waals surface area contributed by atoms with E-state index < -0.39 is 40.7 Å². The molecule has 24 heavy (non-hydrogen) atoms. The van der Waals surface area contributed by atoms with E-state index >= 15 is 0 Å². The first-order valence-electron chi connectivity index (χ1n) is 6.14. The van der Waals surface area contributed by atoms with Crippen LogP contribution < -0.4 is 5.63 Å². The second-order valence-corrected chi connectivity index (χ2v) is 4.69. The van der Waals surface area contributed by atoms with Crippen molar-refractivity contribution >= 4 is 0 Å². The molecule has 2 aromatic rings. The summed E-state index contributed by atoms with van der Waals surface area (Å²) in [5.41, 5.74) is -3.80. The van der Waals surface area contributed by atoms with E-state index in [1.807, 2.05) is 0 Å². The largest absolute Gasteiger partial charge is 0.507 e. The zero-order chi connectivity index (χ0) is 18.3. The second kappa shape index (κ2) is 5.53. The number of hydrogen-bond acceptors (Lipinski definition) is 3. The molecule has 0 saturated heterocycles. The summed E-state index contributed by atoms with van der Waals surface area (Å²) in [6, 6.07) is 4.78. The number of hydrogen-bond donors (Lipinski definition) is 1. The molecule has 0 bridgehead atoms. The molecule has 1 N–H and O–H groups in total. The molecule has 0 unspecified atom stereocenters. The van der Waals surface area contributed by atoms with Gasteiger partial charge in [0.25, 0.3) is 0 Å². The quantitative estimate of drug-likeness (QED) is 0.835. The number of alkyl halides is 7. The third kappa shape index (κ3) is 2.83. The minimum absolute atomic E-state index is 0.149. The van der Waals surface area contributed by atoms with E-state index in [0.717, 1.165) is 12.1 Å². The van der Waals surface area contributed by atoms with Crippen molar-refractivity contribution in [2.24, 2.45) is 0 Å². The average molecular weight is 356 g/mol. The van der Waals surface area contributed by atoms with Gasteiger partial charge in [-0.05, 0) is 18.2 Å². The Morgan fingerprint density at radius 3 is 2.04 bits per heavy atom. The molecule has 130 valence electrons. The smallest absolute Gasteiger partial charge is 0.460 e. The van der Waals surface area contributed by atoms with Crippen LogP contribution in [-0.2, 0) is 5.92 Å². The third-order valence-corrected chi connectivity index (χ3v) is 3.05. The predicted molar refractivity (Wildman–Crippen MR) is 67.0 cm³/mol. The molecule has 1 aromatic carbocycles. The first kappa shape index (κ1) is 17.8. The van der Waals surface area contributed by atoms with Gasteiger partial charge < -0.3 is 9.52 Å². The van der Waals surface area contributed by atoms with Crippen LogP contribution in [0.1, 0.15) is 5.56 Å². The van der Waals surface area contributed by atoms with Gasteiger partial charge >= 0.3 is 23.6 Å². The van der Waals surface area contributed by atoms with Gasteiger partial charge in [0, 0.05) is 11.6 Å². The maximum absolute atomic E-state index is 13.7. The Morgan fingerprint density at radius 2 is 1.50 bits per heavy atom. The van der Waals surface area contributed by atoms with E-state index in [1.165, 1.54) is 12.1 Å². The highest BCUT2D eigenvalue weighted by atomic mass is 19.4. The van der Waals surface area contributed by atoms with Crippen LogP contribution in [0.15, 0.2) is 45.6 Å². The Kier molecular flexibility index (Phi) is 4.11. The normalized spacial score (nSPS) is 13.1. The summed E-state index contributed by atoms with van der Waals surface area (Å²) in [7, 11) is 0. The topological polar surface area (TPSA) is 50.4 Å². The molecule has 1 heterocycles. The molecule has 0 aliphatic rings. The average Bonchev–Trinajstić information content (AvgIpc) is 2.45.